The summed E-state index contributed by atoms with van der Waals surface area (Å²) in [7, 11) is 0. The Labute approximate surface area is 121 Å². The standard InChI is InChI=1S/C15H27NO4/c1-3-4-7-18-8-9-19-12-14(17)10-16-11-15-6-5-13(2)20-15/h5-6,14,16-17H,3-4,7-12H2,1-2H3. The van der Waals surface area contributed by atoms with E-state index in [2.05, 4.69) is 12.2 Å². The molecule has 20 heavy (non-hydrogen) atoms. The maximum atomic E-state index is 9.71. The number of aryl methyl sites for hydroxylation is 1. The van der Waals surface area contributed by atoms with Crippen molar-refractivity contribution >= 4 is 0 Å². The summed E-state index contributed by atoms with van der Waals surface area (Å²) in [6.07, 6.45) is 1.71. The Morgan fingerprint density at radius 3 is 2.75 bits per heavy atom. The maximum absolute atomic E-state index is 9.71. The molecule has 0 spiro atoms. The normalized spacial score (nSPS) is 12.8. The number of aliphatic hydroxyl groups is 1. The second-order valence-electron chi connectivity index (χ2n) is 4.84. The molecule has 0 fully saturated rings. The lowest BCUT2D eigenvalue weighted by Crippen LogP contribution is -2.30. The summed E-state index contributed by atoms with van der Waals surface area (Å²) in [5, 5.41) is 12.8. The minimum atomic E-state index is -0.512. The average Bonchev–Trinajstić information content (AvgIpc) is 2.83. The summed E-state index contributed by atoms with van der Waals surface area (Å²) >= 11 is 0. The van der Waals surface area contributed by atoms with Gasteiger partial charge in [0.25, 0.3) is 0 Å². The van der Waals surface area contributed by atoms with E-state index in [1.165, 1.54) is 0 Å². The third-order valence-electron chi connectivity index (χ3n) is 2.80. The molecule has 0 amide bonds. The third-order valence-corrected chi connectivity index (χ3v) is 2.80. The summed E-state index contributed by atoms with van der Waals surface area (Å²) in [5.41, 5.74) is 0. The van der Waals surface area contributed by atoms with Crippen molar-refractivity contribution in [3.63, 3.8) is 0 Å². The van der Waals surface area contributed by atoms with Crippen molar-refractivity contribution in [1.29, 1.82) is 0 Å². The number of ether oxygens (including phenoxy) is 2. The van der Waals surface area contributed by atoms with Crippen LogP contribution in [0.25, 0.3) is 0 Å². The molecule has 0 aliphatic carbocycles. The Hall–Kier alpha value is -0.880. The lowest BCUT2D eigenvalue weighted by atomic mass is 10.3. The van der Waals surface area contributed by atoms with Crippen LogP contribution in [0.2, 0.25) is 0 Å². The highest BCUT2D eigenvalue weighted by atomic mass is 16.5. The summed E-state index contributed by atoms with van der Waals surface area (Å²) in [4.78, 5) is 0. The molecular formula is C15H27NO4. The monoisotopic (exact) mass is 285 g/mol. The van der Waals surface area contributed by atoms with E-state index in [0.29, 0.717) is 32.9 Å². The molecule has 1 atom stereocenters. The van der Waals surface area contributed by atoms with Crippen LogP contribution in [-0.4, -0.2) is 44.2 Å². The van der Waals surface area contributed by atoms with Crippen LogP contribution >= 0.6 is 0 Å². The van der Waals surface area contributed by atoms with Gasteiger partial charge in [-0.2, -0.15) is 0 Å². The van der Waals surface area contributed by atoms with Crippen molar-refractivity contribution in [3.05, 3.63) is 23.7 Å². The first kappa shape index (κ1) is 17.2. The highest BCUT2D eigenvalue weighted by Crippen LogP contribution is 2.05. The van der Waals surface area contributed by atoms with Gasteiger partial charge in [0.15, 0.2) is 0 Å². The van der Waals surface area contributed by atoms with Gasteiger partial charge >= 0.3 is 0 Å². The largest absolute Gasteiger partial charge is 0.465 e. The van der Waals surface area contributed by atoms with Crippen LogP contribution in [0.3, 0.4) is 0 Å². The molecule has 1 unspecified atom stereocenters. The minimum Gasteiger partial charge on any atom is -0.465 e. The molecule has 5 heteroatoms. The molecule has 2 N–H and O–H groups in total. The van der Waals surface area contributed by atoms with Crippen LogP contribution in [-0.2, 0) is 16.0 Å². The molecule has 1 aromatic rings. The Bertz CT molecular complexity index is 340. The van der Waals surface area contributed by atoms with E-state index in [4.69, 9.17) is 13.9 Å². The molecule has 0 aromatic carbocycles. The lowest BCUT2D eigenvalue weighted by Gasteiger charge is -2.12. The van der Waals surface area contributed by atoms with Crippen molar-refractivity contribution in [1.82, 2.24) is 5.32 Å². The van der Waals surface area contributed by atoms with Gasteiger partial charge in [0.2, 0.25) is 0 Å². The lowest BCUT2D eigenvalue weighted by molar-refractivity contribution is 0.00375. The van der Waals surface area contributed by atoms with Crippen LogP contribution < -0.4 is 5.32 Å². The molecule has 1 aromatic heterocycles. The van der Waals surface area contributed by atoms with Crippen LogP contribution in [0.1, 0.15) is 31.3 Å². The molecule has 1 rings (SSSR count). The number of aliphatic hydroxyl groups excluding tert-OH is 1. The molecule has 5 nitrogen and oxygen atoms in total. The average molecular weight is 285 g/mol. The maximum Gasteiger partial charge on any atom is 0.117 e. The van der Waals surface area contributed by atoms with E-state index in [-0.39, 0.29) is 0 Å². The van der Waals surface area contributed by atoms with Crippen LogP contribution in [0.15, 0.2) is 16.5 Å². The van der Waals surface area contributed by atoms with Crippen molar-refractivity contribution in [2.45, 2.75) is 39.3 Å². The van der Waals surface area contributed by atoms with E-state index >= 15 is 0 Å². The zero-order chi connectivity index (χ0) is 14.6. The predicted molar refractivity (Wildman–Crippen MR) is 77.7 cm³/mol. The fraction of sp³-hybridized carbons (Fsp3) is 0.733. The SMILES string of the molecule is CCCCOCCOCC(O)CNCc1ccc(C)o1. The summed E-state index contributed by atoms with van der Waals surface area (Å²) in [6.45, 7) is 7.36. The number of hydrogen-bond acceptors (Lipinski definition) is 5. The number of unbranched alkanes of at least 4 members (excludes halogenated alkanes) is 1. The third kappa shape index (κ3) is 8.32. The van der Waals surface area contributed by atoms with Crippen molar-refractivity contribution in [3.8, 4) is 0 Å². The van der Waals surface area contributed by atoms with E-state index < -0.39 is 6.10 Å². The van der Waals surface area contributed by atoms with Crippen molar-refractivity contribution in [2.75, 3.05) is 33.0 Å². The van der Waals surface area contributed by atoms with Crippen LogP contribution in [0.4, 0.5) is 0 Å². The minimum absolute atomic E-state index is 0.321. The van der Waals surface area contributed by atoms with Gasteiger partial charge < -0.3 is 24.3 Å². The summed E-state index contributed by atoms with van der Waals surface area (Å²) < 4.78 is 16.1. The molecule has 0 saturated heterocycles. The molecular weight excluding hydrogens is 258 g/mol. The Kier molecular flexibility index (Phi) is 9.32. The van der Waals surface area contributed by atoms with Crippen LogP contribution in [0.5, 0.6) is 0 Å². The topological polar surface area (TPSA) is 63.9 Å². The molecule has 1 heterocycles. The zero-order valence-electron chi connectivity index (χ0n) is 12.6. The first-order chi connectivity index (χ1) is 9.72. The Morgan fingerprint density at radius 1 is 1.25 bits per heavy atom. The number of hydrogen-bond donors (Lipinski definition) is 2. The molecule has 116 valence electrons. The van der Waals surface area contributed by atoms with Gasteiger partial charge in [0, 0.05) is 13.2 Å². The molecule has 0 saturated carbocycles. The summed E-state index contributed by atoms with van der Waals surface area (Å²) in [6, 6.07) is 3.86. The Balaban J connectivity index is 1.91. The van der Waals surface area contributed by atoms with Crippen molar-refractivity contribution in [2.24, 2.45) is 0 Å². The van der Waals surface area contributed by atoms with Gasteiger partial charge in [0.05, 0.1) is 32.5 Å². The van der Waals surface area contributed by atoms with E-state index in [1.54, 1.807) is 0 Å². The molecule has 0 aliphatic rings. The Morgan fingerprint density at radius 2 is 2.05 bits per heavy atom. The van der Waals surface area contributed by atoms with Gasteiger partial charge in [-0.1, -0.05) is 13.3 Å². The first-order valence-electron chi connectivity index (χ1n) is 7.32. The van der Waals surface area contributed by atoms with E-state index in [0.717, 1.165) is 31.0 Å². The fourth-order valence-electron chi connectivity index (χ4n) is 1.69. The van der Waals surface area contributed by atoms with Gasteiger partial charge in [-0.05, 0) is 25.5 Å². The second-order valence-corrected chi connectivity index (χ2v) is 4.84. The van der Waals surface area contributed by atoms with Gasteiger partial charge in [0.1, 0.15) is 11.5 Å². The second kappa shape index (κ2) is 10.9. The molecule has 0 bridgehead atoms. The zero-order valence-corrected chi connectivity index (χ0v) is 12.6. The number of nitrogens with one attached hydrogen (secondary N) is 1. The highest BCUT2D eigenvalue weighted by Gasteiger charge is 2.05. The number of rotatable bonds is 12. The van der Waals surface area contributed by atoms with E-state index in [1.807, 2.05) is 19.1 Å². The van der Waals surface area contributed by atoms with Gasteiger partial charge in [-0.15, -0.1) is 0 Å². The first-order valence-corrected chi connectivity index (χ1v) is 7.32. The van der Waals surface area contributed by atoms with Crippen molar-refractivity contribution < 1.29 is 19.0 Å². The fourth-order valence-corrected chi connectivity index (χ4v) is 1.69. The van der Waals surface area contributed by atoms with E-state index in [9.17, 15) is 5.11 Å². The quantitative estimate of drug-likeness (QED) is 0.574. The van der Waals surface area contributed by atoms with Gasteiger partial charge in [-0.25, -0.2) is 0 Å². The van der Waals surface area contributed by atoms with Crippen LogP contribution in [0, 0.1) is 6.92 Å². The summed E-state index contributed by atoms with van der Waals surface area (Å²) in [5.74, 6) is 1.77. The van der Waals surface area contributed by atoms with Gasteiger partial charge in [-0.3, -0.25) is 0 Å². The molecule has 0 radical (unpaired) electrons. The smallest absolute Gasteiger partial charge is 0.117 e. The predicted octanol–water partition coefficient (Wildman–Crippen LogP) is 1.87. The highest BCUT2D eigenvalue weighted by molar-refractivity contribution is 5.05. The number of furan rings is 1. The molecule has 0 aliphatic heterocycles.